The van der Waals surface area contributed by atoms with Gasteiger partial charge in [0.15, 0.2) is 0 Å². The van der Waals surface area contributed by atoms with Crippen LogP contribution in [0.25, 0.3) is 6.08 Å². The average Bonchev–Trinajstić information content (AvgIpc) is 2.59. The summed E-state index contributed by atoms with van der Waals surface area (Å²) in [6.07, 6.45) is 1.28. The lowest BCUT2D eigenvalue weighted by atomic mass is 10.1. The number of phenols is 1. The van der Waals surface area contributed by atoms with Gasteiger partial charge in [-0.3, -0.25) is 14.9 Å². The molecule has 1 saturated heterocycles. The van der Waals surface area contributed by atoms with Crippen molar-refractivity contribution in [1.29, 1.82) is 0 Å². The van der Waals surface area contributed by atoms with E-state index in [1.165, 1.54) is 24.3 Å². The molecule has 0 unspecified atom stereocenters. The summed E-state index contributed by atoms with van der Waals surface area (Å²) in [5, 5.41) is 12.2. The zero-order valence-electron chi connectivity index (χ0n) is 13.7. The quantitative estimate of drug-likeness (QED) is 0.503. The third-order valence-corrected chi connectivity index (χ3v) is 5.17. The van der Waals surface area contributed by atoms with Crippen LogP contribution in [0.3, 0.4) is 0 Å². The number of nitrogens with zero attached hydrogens (tertiary/aromatic N) is 1. The highest BCUT2D eigenvalue weighted by atomic mass is 79.9. The number of rotatable bonds is 2. The van der Waals surface area contributed by atoms with Crippen LogP contribution >= 0.6 is 39.1 Å². The second-order valence-electron chi connectivity index (χ2n) is 5.72. The number of anilines is 1. The van der Waals surface area contributed by atoms with Gasteiger partial charge in [-0.05, 0) is 64.3 Å². The minimum absolute atomic E-state index is 0.0399. The Bertz CT molecular complexity index is 1010. The Labute approximate surface area is 172 Å². The Kier molecular flexibility index (Phi) is 5.28. The predicted molar refractivity (Wildman–Crippen MR) is 106 cm³/mol. The molecule has 2 N–H and O–H groups in total. The minimum atomic E-state index is -0.869. The molecule has 0 aromatic heterocycles. The minimum Gasteiger partial charge on any atom is -0.505 e. The number of halogens is 3. The standard InChI is InChI=1S/C18H11BrCl2N2O4/c1-8-2-3-10(7-13(8)20)23-17(26)11(16(25)22-18(23)27)4-9-5-12(19)15(24)14(21)6-9/h2-7,24H,1H3,(H,22,25,27)/b11-4-. The number of urea groups is 1. The smallest absolute Gasteiger partial charge is 0.335 e. The van der Waals surface area contributed by atoms with E-state index >= 15 is 0 Å². The van der Waals surface area contributed by atoms with Crippen molar-refractivity contribution in [3.05, 3.63) is 61.5 Å². The van der Waals surface area contributed by atoms with Gasteiger partial charge >= 0.3 is 6.03 Å². The fourth-order valence-corrected chi connectivity index (χ4v) is 3.44. The maximum absolute atomic E-state index is 12.8. The van der Waals surface area contributed by atoms with Gasteiger partial charge in [-0.15, -0.1) is 0 Å². The van der Waals surface area contributed by atoms with Gasteiger partial charge in [-0.25, -0.2) is 9.69 Å². The van der Waals surface area contributed by atoms with E-state index in [-0.39, 0.29) is 22.0 Å². The Morgan fingerprint density at radius 2 is 1.81 bits per heavy atom. The van der Waals surface area contributed by atoms with Gasteiger partial charge in [0.2, 0.25) is 0 Å². The van der Waals surface area contributed by atoms with Gasteiger partial charge in [-0.2, -0.15) is 0 Å². The third-order valence-electron chi connectivity index (χ3n) is 3.87. The monoisotopic (exact) mass is 468 g/mol. The highest BCUT2D eigenvalue weighted by molar-refractivity contribution is 9.10. The van der Waals surface area contributed by atoms with E-state index in [1.807, 2.05) is 0 Å². The molecule has 1 fully saturated rings. The Hall–Kier alpha value is -2.35. The van der Waals surface area contributed by atoms with Crippen LogP contribution in [-0.2, 0) is 9.59 Å². The van der Waals surface area contributed by atoms with Crippen molar-refractivity contribution >= 4 is 68.7 Å². The molecule has 1 aliphatic rings. The molecule has 0 aliphatic carbocycles. The van der Waals surface area contributed by atoms with E-state index in [0.717, 1.165) is 10.5 Å². The number of aryl methyl sites for hydroxylation is 1. The first-order valence-electron chi connectivity index (χ1n) is 7.54. The average molecular weight is 470 g/mol. The molecule has 9 heteroatoms. The molecule has 2 aromatic rings. The summed E-state index contributed by atoms with van der Waals surface area (Å²) in [6.45, 7) is 1.78. The highest BCUT2D eigenvalue weighted by Crippen LogP contribution is 2.34. The molecule has 6 nitrogen and oxygen atoms in total. The number of aromatic hydroxyl groups is 1. The summed E-state index contributed by atoms with van der Waals surface area (Å²) < 4.78 is 0.295. The molecule has 1 heterocycles. The summed E-state index contributed by atoms with van der Waals surface area (Å²) >= 11 is 15.1. The Balaban J connectivity index is 2.06. The number of barbiturate groups is 1. The van der Waals surface area contributed by atoms with E-state index in [9.17, 15) is 19.5 Å². The summed E-state index contributed by atoms with van der Waals surface area (Å²) in [5.74, 6) is -1.80. The lowest BCUT2D eigenvalue weighted by Gasteiger charge is -2.26. The van der Waals surface area contributed by atoms with Gasteiger partial charge < -0.3 is 5.11 Å². The fraction of sp³-hybridized carbons (Fsp3) is 0.0556. The van der Waals surface area contributed by atoms with E-state index in [0.29, 0.717) is 15.1 Å². The van der Waals surface area contributed by atoms with Crippen molar-refractivity contribution in [3.63, 3.8) is 0 Å². The molecule has 0 atom stereocenters. The van der Waals surface area contributed by atoms with Crippen molar-refractivity contribution in [2.45, 2.75) is 6.92 Å². The Morgan fingerprint density at radius 1 is 1.11 bits per heavy atom. The van der Waals surface area contributed by atoms with Gasteiger partial charge in [-0.1, -0.05) is 29.3 Å². The predicted octanol–water partition coefficient (Wildman–Crippen LogP) is 4.44. The van der Waals surface area contributed by atoms with Crippen molar-refractivity contribution in [1.82, 2.24) is 5.32 Å². The molecule has 4 amide bonds. The van der Waals surface area contributed by atoms with E-state index in [2.05, 4.69) is 21.2 Å². The normalized spacial score (nSPS) is 16.1. The first-order chi connectivity index (χ1) is 12.7. The molecule has 0 bridgehead atoms. The number of carbonyl (C=O) groups excluding carboxylic acids is 3. The second-order valence-corrected chi connectivity index (χ2v) is 7.39. The van der Waals surface area contributed by atoms with Gasteiger partial charge in [0.25, 0.3) is 11.8 Å². The second kappa shape index (κ2) is 7.34. The van der Waals surface area contributed by atoms with Crippen LogP contribution in [0.1, 0.15) is 11.1 Å². The molecule has 27 heavy (non-hydrogen) atoms. The molecular formula is C18H11BrCl2N2O4. The molecular weight excluding hydrogens is 459 g/mol. The highest BCUT2D eigenvalue weighted by Gasteiger charge is 2.37. The van der Waals surface area contributed by atoms with Crippen LogP contribution in [0.2, 0.25) is 10.0 Å². The molecule has 138 valence electrons. The third kappa shape index (κ3) is 3.71. The largest absolute Gasteiger partial charge is 0.505 e. The van der Waals surface area contributed by atoms with Crippen molar-refractivity contribution in [3.8, 4) is 5.75 Å². The van der Waals surface area contributed by atoms with E-state index in [4.69, 9.17) is 23.2 Å². The Morgan fingerprint density at radius 3 is 2.44 bits per heavy atom. The zero-order chi connectivity index (χ0) is 19.9. The molecule has 2 aromatic carbocycles. The molecule has 0 saturated carbocycles. The topological polar surface area (TPSA) is 86.7 Å². The first-order valence-corrected chi connectivity index (χ1v) is 9.09. The van der Waals surface area contributed by atoms with Crippen LogP contribution in [0.5, 0.6) is 5.75 Å². The van der Waals surface area contributed by atoms with Crippen LogP contribution < -0.4 is 10.2 Å². The summed E-state index contributed by atoms with van der Waals surface area (Å²) in [4.78, 5) is 38.0. The lowest BCUT2D eigenvalue weighted by Crippen LogP contribution is -2.54. The van der Waals surface area contributed by atoms with E-state index < -0.39 is 17.8 Å². The van der Waals surface area contributed by atoms with Crippen molar-refractivity contribution in [2.75, 3.05) is 4.90 Å². The molecule has 1 aliphatic heterocycles. The number of amides is 4. The summed E-state index contributed by atoms with van der Waals surface area (Å²) in [5.41, 5.74) is 1.14. The van der Waals surface area contributed by atoms with Crippen LogP contribution in [0, 0.1) is 6.92 Å². The van der Waals surface area contributed by atoms with Gasteiger partial charge in [0.05, 0.1) is 15.2 Å². The number of nitrogens with one attached hydrogen (secondary N) is 1. The number of phenolic OH excluding ortho intramolecular Hbond substituents is 1. The fourth-order valence-electron chi connectivity index (χ4n) is 2.45. The van der Waals surface area contributed by atoms with Crippen LogP contribution in [0.15, 0.2) is 40.4 Å². The number of hydrogen-bond donors (Lipinski definition) is 2. The summed E-state index contributed by atoms with van der Waals surface area (Å²) in [6, 6.07) is 6.69. The number of benzene rings is 2. The maximum Gasteiger partial charge on any atom is 0.335 e. The van der Waals surface area contributed by atoms with Gasteiger partial charge in [0, 0.05) is 5.02 Å². The molecule has 3 rings (SSSR count). The lowest BCUT2D eigenvalue weighted by molar-refractivity contribution is -0.122. The van der Waals surface area contributed by atoms with Crippen molar-refractivity contribution < 1.29 is 19.5 Å². The maximum atomic E-state index is 12.8. The number of imide groups is 2. The van der Waals surface area contributed by atoms with Gasteiger partial charge in [0.1, 0.15) is 11.3 Å². The first kappa shape index (κ1) is 19.4. The SMILES string of the molecule is Cc1ccc(N2C(=O)NC(=O)/C(=C/c3cc(Cl)c(O)c(Br)c3)C2=O)cc1Cl. The van der Waals surface area contributed by atoms with Crippen LogP contribution in [0.4, 0.5) is 10.5 Å². The zero-order valence-corrected chi connectivity index (χ0v) is 16.8. The summed E-state index contributed by atoms with van der Waals surface area (Å²) in [7, 11) is 0. The van der Waals surface area contributed by atoms with E-state index in [1.54, 1.807) is 19.1 Å². The van der Waals surface area contributed by atoms with Crippen LogP contribution in [-0.4, -0.2) is 23.0 Å². The molecule has 0 radical (unpaired) electrons. The molecule has 0 spiro atoms. The number of carbonyl (C=O) groups is 3. The number of hydrogen-bond acceptors (Lipinski definition) is 4. The van der Waals surface area contributed by atoms with Crippen molar-refractivity contribution in [2.24, 2.45) is 0 Å².